The van der Waals surface area contributed by atoms with Gasteiger partial charge in [0, 0.05) is 17.3 Å². The van der Waals surface area contributed by atoms with E-state index >= 15 is 0 Å². The molecular weight excluding hydrogens is 404 g/mol. The van der Waals surface area contributed by atoms with Crippen molar-refractivity contribution in [2.24, 2.45) is 5.92 Å². The summed E-state index contributed by atoms with van der Waals surface area (Å²) in [7, 11) is 4.47. The van der Waals surface area contributed by atoms with Gasteiger partial charge < -0.3 is 24.3 Å². The molecule has 0 aliphatic carbocycles. The Kier molecular flexibility index (Phi) is 8.73. The third kappa shape index (κ3) is 6.52. The molecule has 0 fully saturated rings. The first kappa shape index (κ1) is 23.3. The summed E-state index contributed by atoms with van der Waals surface area (Å²) in [5.74, 6) is 2.07. The summed E-state index contributed by atoms with van der Waals surface area (Å²) in [4.78, 5) is 12.6. The van der Waals surface area contributed by atoms with Gasteiger partial charge >= 0.3 is 0 Å². The summed E-state index contributed by atoms with van der Waals surface area (Å²) in [5.41, 5.74) is 1.03. The zero-order valence-electron chi connectivity index (χ0n) is 17.9. The molecule has 30 heavy (non-hydrogen) atoms. The molecule has 0 spiro atoms. The van der Waals surface area contributed by atoms with Crippen molar-refractivity contribution in [2.45, 2.75) is 20.3 Å². The monoisotopic (exact) mass is 432 g/mol. The number of benzene rings is 2. The summed E-state index contributed by atoms with van der Waals surface area (Å²) < 4.78 is 21.6. The van der Waals surface area contributed by atoms with Crippen molar-refractivity contribution in [1.29, 1.82) is 0 Å². The van der Waals surface area contributed by atoms with E-state index in [2.05, 4.69) is 24.5 Å². The summed E-state index contributed by atoms with van der Waals surface area (Å²) in [5, 5.41) is 5.81. The van der Waals surface area contributed by atoms with Crippen LogP contribution in [0.1, 0.15) is 30.6 Å². The van der Waals surface area contributed by atoms with Gasteiger partial charge in [0.1, 0.15) is 5.75 Å². The van der Waals surface area contributed by atoms with Gasteiger partial charge in [-0.25, -0.2) is 0 Å². The molecule has 0 aliphatic rings. The SMILES string of the molecule is COc1cc(C(=O)NC(=S)Nc2cccc(OCCC(C)C)c2)cc(OC)c1OC. The number of anilines is 1. The number of rotatable bonds is 9. The van der Waals surface area contributed by atoms with Crippen LogP contribution < -0.4 is 29.6 Å². The quantitative estimate of drug-likeness (QED) is 0.573. The van der Waals surface area contributed by atoms with E-state index < -0.39 is 5.91 Å². The number of thiocarbonyl (C=S) groups is 1. The molecule has 0 aliphatic heterocycles. The summed E-state index contributed by atoms with van der Waals surface area (Å²) >= 11 is 5.28. The van der Waals surface area contributed by atoms with Gasteiger partial charge in [-0.2, -0.15) is 0 Å². The number of nitrogens with one attached hydrogen (secondary N) is 2. The molecule has 2 aromatic rings. The zero-order chi connectivity index (χ0) is 22.1. The highest BCUT2D eigenvalue weighted by molar-refractivity contribution is 7.80. The van der Waals surface area contributed by atoms with Crippen molar-refractivity contribution >= 4 is 28.9 Å². The highest BCUT2D eigenvalue weighted by atomic mass is 32.1. The Hall–Kier alpha value is -3.00. The molecule has 2 aromatic carbocycles. The highest BCUT2D eigenvalue weighted by Gasteiger charge is 2.17. The van der Waals surface area contributed by atoms with Gasteiger partial charge in [-0.05, 0) is 48.8 Å². The molecule has 2 N–H and O–H groups in total. The number of ether oxygens (including phenoxy) is 4. The van der Waals surface area contributed by atoms with Gasteiger partial charge in [0.15, 0.2) is 16.6 Å². The number of methoxy groups -OCH3 is 3. The Morgan fingerprint density at radius 3 is 2.27 bits per heavy atom. The molecule has 162 valence electrons. The standard InChI is InChI=1S/C22H28N2O5S/c1-14(2)9-10-29-17-8-6-7-16(13-17)23-22(30)24-21(25)15-11-18(26-3)20(28-5)19(12-15)27-4/h6-8,11-14H,9-10H2,1-5H3,(H2,23,24,25,30). The van der Waals surface area contributed by atoms with Crippen LogP contribution in [0, 0.1) is 5.92 Å². The third-order valence-electron chi connectivity index (χ3n) is 4.21. The van der Waals surface area contributed by atoms with Gasteiger partial charge in [0.05, 0.1) is 27.9 Å². The van der Waals surface area contributed by atoms with E-state index in [1.807, 2.05) is 24.3 Å². The van der Waals surface area contributed by atoms with Crippen LogP contribution in [-0.2, 0) is 0 Å². The van der Waals surface area contributed by atoms with Gasteiger partial charge in [0.25, 0.3) is 5.91 Å². The summed E-state index contributed by atoms with van der Waals surface area (Å²) in [6.45, 7) is 4.94. The lowest BCUT2D eigenvalue weighted by Crippen LogP contribution is -2.34. The molecule has 0 bridgehead atoms. The Labute approximate surface area is 182 Å². The van der Waals surface area contributed by atoms with Gasteiger partial charge in [0.2, 0.25) is 5.75 Å². The average molecular weight is 433 g/mol. The van der Waals surface area contributed by atoms with Crippen molar-refractivity contribution in [3.05, 3.63) is 42.0 Å². The van der Waals surface area contributed by atoms with Crippen LogP contribution in [0.25, 0.3) is 0 Å². The highest BCUT2D eigenvalue weighted by Crippen LogP contribution is 2.38. The van der Waals surface area contributed by atoms with Gasteiger partial charge in [-0.1, -0.05) is 19.9 Å². The fourth-order valence-electron chi connectivity index (χ4n) is 2.63. The topological polar surface area (TPSA) is 78.1 Å². The van der Waals surface area contributed by atoms with Crippen LogP contribution in [0.3, 0.4) is 0 Å². The molecule has 0 atom stereocenters. The van der Waals surface area contributed by atoms with Crippen LogP contribution >= 0.6 is 12.2 Å². The zero-order valence-corrected chi connectivity index (χ0v) is 18.7. The molecule has 0 aromatic heterocycles. The molecule has 0 heterocycles. The summed E-state index contributed by atoms with van der Waals surface area (Å²) in [6.07, 6.45) is 0.973. The average Bonchev–Trinajstić information content (AvgIpc) is 2.72. The Morgan fingerprint density at radius 1 is 1.03 bits per heavy atom. The molecular formula is C22H28N2O5S. The van der Waals surface area contributed by atoms with Gasteiger partial charge in [-0.15, -0.1) is 0 Å². The van der Waals surface area contributed by atoms with Crippen molar-refractivity contribution < 1.29 is 23.7 Å². The van der Waals surface area contributed by atoms with Crippen molar-refractivity contribution in [2.75, 3.05) is 33.3 Å². The minimum atomic E-state index is -0.406. The number of carbonyl (C=O) groups excluding carboxylic acids is 1. The van der Waals surface area contributed by atoms with Crippen LogP contribution in [0.2, 0.25) is 0 Å². The molecule has 0 saturated heterocycles. The number of hydrogen-bond acceptors (Lipinski definition) is 6. The normalized spacial score (nSPS) is 10.3. The third-order valence-corrected chi connectivity index (χ3v) is 4.41. The lowest BCUT2D eigenvalue weighted by molar-refractivity contribution is 0.0977. The van der Waals surface area contributed by atoms with Crippen molar-refractivity contribution in [1.82, 2.24) is 5.32 Å². The Bertz CT molecular complexity index is 861. The molecule has 0 unspecified atom stereocenters. The van der Waals surface area contributed by atoms with Crippen LogP contribution in [0.5, 0.6) is 23.0 Å². The molecule has 8 heteroatoms. The minimum absolute atomic E-state index is 0.160. The first-order valence-electron chi connectivity index (χ1n) is 9.53. The lowest BCUT2D eigenvalue weighted by atomic mass is 10.1. The first-order valence-corrected chi connectivity index (χ1v) is 9.94. The Morgan fingerprint density at radius 2 is 1.70 bits per heavy atom. The van der Waals surface area contributed by atoms with Crippen molar-refractivity contribution in [3.8, 4) is 23.0 Å². The van der Waals surface area contributed by atoms with E-state index in [0.29, 0.717) is 41.0 Å². The molecule has 0 saturated carbocycles. The minimum Gasteiger partial charge on any atom is -0.494 e. The smallest absolute Gasteiger partial charge is 0.257 e. The predicted molar refractivity (Wildman–Crippen MR) is 121 cm³/mol. The van der Waals surface area contributed by atoms with Crippen LogP contribution in [0.4, 0.5) is 5.69 Å². The first-order chi connectivity index (χ1) is 14.4. The van der Waals surface area contributed by atoms with E-state index in [0.717, 1.165) is 12.2 Å². The predicted octanol–water partition coefficient (Wildman–Crippen LogP) is 4.26. The number of hydrogen-bond donors (Lipinski definition) is 2. The van der Waals surface area contributed by atoms with E-state index in [4.69, 9.17) is 31.2 Å². The fraction of sp³-hybridized carbons (Fsp3) is 0.364. The second-order valence-corrected chi connectivity index (χ2v) is 7.29. The Balaban J connectivity index is 2.04. The fourth-order valence-corrected chi connectivity index (χ4v) is 2.84. The summed E-state index contributed by atoms with van der Waals surface area (Å²) in [6, 6.07) is 10.5. The maximum atomic E-state index is 12.6. The molecule has 0 radical (unpaired) electrons. The number of amides is 1. The number of carbonyl (C=O) groups is 1. The van der Waals surface area contributed by atoms with Crippen LogP contribution in [-0.4, -0.2) is 39.0 Å². The van der Waals surface area contributed by atoms with E-state index in [1.54, 1.807) is 12.1 Å². The lowest BCUT2D eigenvalue weighted by Gasteiger charge is -2.15. The maximum Gasteiger partial charge on any atom is 0.257 e. The van der Waals surface area contributed by atoms with Crippen molar-refractivity contribution in [3.63, 3.8) is 0 Å². The van der Waals surface area contributed by atoms with Crippen LogP contribution in [0.15, 0.2) is 36.4 Å². The second-order valence-electron chi connectivity index (χ2n) is 6.88. The second kappa shape index (κ2) is 11.3. The molecule has 2 rings (SSSR count). The molecule has 7 nitrogen and oxygen atoms in total. The van der Waals surface area contributed by atoms with E-state index in [-0.39, 0.29) is 5.11 Å². The molecule has 1 amide bonds. The largest absolute Gasteiger partial charge is 0.494 e. The van der Waals surface area contributed by atoms with Gasteiger partial charge in [-0.3, -0.25) is 10.1 Å². The van der Waals surface area contributed by atoms with E-state index in [9.17, 15) is 4.79 Å². The van der Waals surface area contributed by atoms with E-state index in [1.165, 1.54) is 21.3 Å². The maximum absolute atomic E-state index is 12.6.